The van der Waals surface area contributed by atoms with Crippen LogP contribution in [0.1, 0.15) is 30.3 Å². The van der Waals surface area contributed by atoms with E-state index >= 15 is 0 Å². The quantitative estimate of drug-likeness (QED) is 0.903. The number of carbonyl (C=O) groups is 1. The number of piperidine rings is 1. The molecule has 0 bridgehead atoms. The van der Waals surface area contributed by atoms with Crippen molar-refractivity contribution < 1.29 is 9.90 Å². The van der Waals surface area contributed by atoms with Crippen molar-refractivity contribution in [1.82, 2.24) is 20.0 Å². The van der Waals surface area contributed by atoms with Crippen molar-refractivity contribution in [3.63, 3.8) is 0 Å². The lowest BCUT2D eigenvalue weighted by atomic mass is 10.0. The Kier molecular flexibility index (Phi) is 4.62. The first kappa shape index (κ1) is 15.6. The minimum atomic E-state index is -0.313. The number of amides is 1. The number of hydrogen-bond donors (Lipinski definition) is 2. The summed E-state index contributed by atoms with van der Waals surface area (Å²) in [6, 6.07) is 9.56. The molecule has 122 valence electrons. The molecule has 1 fully saturated rings. The van der Waals surface area contributed by atoms with Gasteiger partial charge in [-0.15, -0.1) is 0 Å². The second kappa shape index (κ2) is 6.83. The predicted octanol–water partition coefficient (Wildman–Crippen LogP) is 1.79. The molecule has 23 heavy (non-hydrogen) atoms. The molecule has 2 N–H and O–H groups in total. The normalized spacial score (nSPS) is 16.4. The van der Waals surface area contributed by atoms with E-state index in [-0.39, 0.29) is 23.4 Å². The van der Waals surface area contributed by atoms with Gasteiger partial charge >= 0.3 is 0 Å². The molecule has 1 aliphatic rings. The first-order valence-electron chi connectivity index (χ1n) is 8.04. The van der Waals surface area contributed by atoms with Gasteiger partial charge in [-0.3, -0.25) is 4.79 Å². The van der Waals surface area contributed by atoms with E-state index < -0.39 is 0 Å². The van der Waals surface area contributed by atoms with Crippen molar-refractivity contribution in [3.05, 3.63) is 42.2 Å². The van der Waals surface area contributed by atoms with Gasteiger partial charge in [0.05, 0.1) is 11.9 Å². The van der Waals surface area contributed by atoms with Crippen molar-refractivity contribution in [1.29, 1.82) is 0 Å². The second-order valence-electron chi connectivity index (χ2n) is 5.83. The van der Waals surface area contributed by atoms with Crippen LogP contribution in [0, 0.1) is 0 Å². The van der Waals surface area contributed by atoms with E-state index in [1.165, 1.54) is 10.9 Å². The fourth-order valence-electron chi connectivity index (χ4n) is 2.89. The molecule has 1 saturated heterocycles. The zero-order chi connectivity index (χ0) is 16.2. The van der Waals surface area contributed by atoms with Crippen molar-refractivity contribution >= 4 is 5.91 Å². The molecule has 1 aromatic heterocycles. The molecule has 0 spiro atoms. The van der Waals surface area contributed by atoms with Gasteiger partial charge in [-0.1, -0.05) is 25.1 Å². The third-order valence-electron chi connectivity index (χ3n) is 4.30. The third-order valence-corrected chi connectivity index (χ3v) is 4.30. The summed E-state index contributed by atoms with van der Waals surface area (Å²) in [5.41, 5.74) is 0.880. The van der Waals surface area contributed by atoms with Gasteiger partial charge in [0.15, 0.2) is 11.4 Å². The molecule has 0 saturated carbocycles. The Morgan fingerprint density at radius 3 is 2.65 bits per heavy atom. The van der Waals surface area contributed by atoms with Crippen LogP contribution in [0.15, 0.2) is 36.5 Å². The second-order valence-corrected chi connectivity index (χ2v) is 5.83. The maximum absolute atomic E-state index is 12.4. The van der Waals surface area contributed by atoms with Crippen LogP contribution < -0.4 is 5.32 Å². The minimum Gasteiger partial charge on any atom is -0.504 e. The van der Waals surface area contributed by atoms with Gasteiger partial charge in [0.25, 0.3) is 5.91 Å². The molecule has 1 aliphatic heterocycles. The Labute approximate surface area is 135 Å². The molecule has 1 amide bonds. The van der Waals surface area contributed by atoms with Crippen molar-refractivity contribution in [2.24, 2.45) is 0 Å². The lowest BCUT2D eigenvalue weighted by Gasteiger charge is -2.31. The van der Waals surface area contributed by atoms with Gasteiger partial charge in [-0.25, -0.2) is 4.68 Å². The maximum Gasteiger partial charge on any atom is 0.275 e. The number of likely N-dealkylation sites (tertiary alicyclic amines) is 1. The van der Waals surface area contributed by atoms with Crippen LogP contribution in [0.25, 0.3) is 5.69 Å². The van der Waals surface area contributed by atoms with Crippen molar-refractivity contribution in [2.45, 2.75) is 25.8 Å². The molecular weight excluding hydrogens is 292 g/mol. The molecule has 0 radical (unpaired) electrons. The minimum absolute atomic E-state index is 0.0757. The van der Waals surface area contributed by atoms with Gasteiger partial charge in [0.2, 0.25) is 0 Å². The Balaban J connectivity index is 1.67. The maximum atomic E-state index is 12.4. The number of nitrogens with zero attached hydrogens (tertiary/aromatic N) is 3. The molecule has 0 atom stereocenters. The number of aromatic hydroxyl groups is 1. The van der Waals surface area contributed by atoms with E-state index in [0.717, 1.165) is 38.2 Å². The van der Waals surface area contributed by atoms with Crippen LogP contribution in [0.5, 0.6) is 5.75 Å². The van der Waals surface area contributed by atoms with E-state index in [2.05, 4.69) is 22.2 Å². The summed E-state index contributed by atoms with van der Waals surface area (Å²) in [7, 11) is 0. The van der Waals surface area contributed by atoms with Crippen LogP contribution in [-0.4, -0.2) is 51.4 Å². The fourth-order valence-corrected chi connectivity index (χ4v) is 2.89. The first-order valence-corrected chi connectivity index (χ1v) is 8.04. The lowest BCUT2D eigenvalue weighted by Crippen LogP contribution is -2.44. The van der Waals surface area contributed by atoms with Crippen LogP contribution in [0.4, 0.5) is 0 Å². The molecule has 0 aliphatic carbocycles. The van der Waals surface area contributed by atoms with E-state index in [4.69, 9.17) is 0 Å². The Morgan fingerprint density at radius 1 is 1.30 bits per heavy atom. The molecule has 2 heterocycles. The number of benzene rings is 1. The Hall–Kier alpha value is -2.34. The van der Waals surface area contributed by atoms with Crippen molar-refractivity contribution in [3.8, 4) is 11.4 Å². The van der Waals surface area contributed by atoms with E-state index in [0.29, 0.717) is 0 Å². The first-order chi connectivity index (χ1) is 11.2. The van der Waals surface area contributed by atoms with Crippen molar-refractivity contribution in [2.75, 3.05) is 19.6 Å². The van der Waals surface area contributed by atoms with Gasteiger partial charge in [0, 0.05) is 19.1 Å². The summed E-state index contributed by atoms with van der Waals surface area (Å²) in [5, 5.41) is 17.2. The number of hydrogen-bond acceptors (Lipinski definition) is 4. The highest BCUT2D eigenvalue weighted by Crippen LogP contribution is 2.19. The fraction of sp³-hybridized carbons (Fsp3) is 0.412. The summed E-state index contributed by atoms with van der Waals surface area (Å²) in [4.78, 5) is 14.7. The van der Waals surface area contributed by atoms with Crippen LogP contribution >= 0.6 is 0 Å². The lowest BCUT2D eigenvalue weighted by molar-refractivity contribution is 0.0904. The smallest absolute Gasteiger partial charge is 0.275 e. The summed E-state index contributed by atoms with van der Waals surface area (Å²) < 4.78 is 1.52. The Morgan fingerprint density at radius 2 is 2.00 bits per heavy atom. The number of carbonyl (C=O) groups excluding carboxylic acids is 1. The number of aromatic nitrogens is 2. The number of nitrogens with one attached hydrogen (secondary N) is 1. The van der Waals surface area contributed by atoms with Gasteiger partial charge in [-0.05, 0) is 31.5 Å². The average Bonchev–Trinajstić information content (AvgIpc) is 2.98. The van der Waals surface area contributed by atoms with E-state index in [1.54, 1.807) is 0 Å². The molecule has 6 nitrogen and oxygen atoms in total. The zero-order valence-electron chi connectivity index (χ0n) is 13.3. The van der Waals surface area contributed by atoms with Gasteiger partial charge in [0.1, 0.15) is 0 Å². The molecule has 6 heteroatoms. The van der Waals surface area contributed by atoms with Crippen LogP contribution in [-0.2, 0) is 0 Å². The number of rotatable bonds is 4. The summed E-state index contributed by atoms with van der Waals surface area (Å²) >= 11 is 0. The molecule has 1 aromatic carbocycles. The highest BCUT2D eigenvalue weighted by molar-refractivity contribution is 5.95. The zero-order valence-corrected chi connectivity index (χ0v) is 13.3. The average molecular weight is 314 g/mol. The highest BCUT2D eigenvalue weighted by Gasteiger charge is 2.23. The summed E-state index contributed by atoms with van der Waals surface area (Å²) in [5.74, 6) is -0.413. The summed E-state index contributed by atoms with van der Waals surface area (Å²) in [6.07, 6.45) is 3.32. The molecule has 3 rings (SSSR count). The summed E-state index contributed by atoms with van der Waals surface area (Å²) in [6.45, 7) is 5.17. The van der Waals surface area contributed by atoms with Crippen LogP contribution in [0.3, 0.4) is 0 Å². The topological polar surface area (TPSA) is 70.4 Å². The molecule has 0 unspecified atom stereocenters. The van der Waals surface area contributed by atoms with E-state index in [1.807, 2.05) is 30.3 Å². The monoisotopic (exact) mass is 314 g/mol. The predicted molar refractivity (Wildman–Crippen MR) is 87.8 cm³/mol. The highest BCUT2D eigenvalue weighted by atomic mass is 16.3. The van der Waals surface area contributed by atoms with Gasteiger partial charge in [-0.2, -0.15) is 5.10 Å². The SMILES string of the molecule is CCN1CCC(NC(=O)c2nn(-c3ccccc3)cc2O)CC1. The number of para-hydroxylation sites is 1. The molecular formula is C17H22N4O2. The molecule has 2 aromatic rings. The third kappa shape index (κ3) is 3.53. The van der Waals surface area contributed by atoms with E-state index in [9.17, 15) is 9.90 Å². The van der Waals surface area contributed by atoms with Crippen LogP contribution in [0.2, 0.25) is 0 Å². The standard InChI is InChI=1S/C17H22N4O2/c1-2-20-10-8-13(9-11-20)18-17(23)16-15(22)12-21(19-16)14-6-4-3-5-7-14/h3-7,12-13,22H,2,8-11H2,1H3,(H,18,23). The van der Waals surface area contributed by atoms with Gasteiger partial charge < -0.3 is 15.3 Å². The largest absolute Gasteiger partial charge is 0.504 e. The Bertz CT molecular complexity index is 660.